The van der Waals surface area contributed by atoms with Crippen LogP contribution in [0.25, 0.3) is 0 Å². The topological polar surface area (TPSA) is 44.2 Å². The summed E-state index contributed by atoms with van der Waals surface area (Å²) in [7, 11) is 1.85. The molecule has 0 radical (unpaired) electrons. The smallest absolute Gasteiger partial charge is 0.291 e. The number of hydrogen-bond acceptors (Lipinski definition) is 2. The molecule has 1 aromatic heterocycles. The summed E-state index contributed by atoms with van der Waals surface area (Å²) in [4.78, 5) is 3.86. The number of imidazole rings is 1. The molecule has 13 heavy (non-hydrogen) atoms. The normalized spacial score (nSPS) is 12.1. The Bertz CT molecular complexity index is 315. The van der Waals surface area contributed by atoms with Crippen LogP contribution in [0.15, 0.2) is 17.4 Å². The van der Waals surface area contributed by atoms with E-state index in [4.69, 9.17) is 0 Å². The van der Waals surface area contributed by atoms with Crippen LogP contribution in [0, 0.1) is 0 Å². The van der Waals surface area contributed by atoms with Crippen molar-refractivity contribution in [2.45, 2.75) is 20.4 Å². The van der Waals surface area contributed by atoms with Crippen LogP contribution in [0.2, 0.25) is 0 Å². The molecule has 0 spiro atoms. The van der Waals surface area contributed by atoms with Gasteiger partial charge in [-0.25, -0.2) is 9.13 Å². The van der Waals surface area contributed by atoms with E-state index in [1.165, 1.54) is 0 Å². The van der Waals surface area contributed by atoms with Crippen LogP contribution < -0.4 is 9.67 Å². The van der Waals surface area contributed by atoms with E-state index in [1.807, 2.05) is 37.9 Å². The summed E-state index contributed by atoms with van der Waals surface area (Å²) in [6, 6.07) is 0. The van der Waals surface area contributed by atoms with Gasteiger partial charge in [-0.1, -0.05) is 0 Å². The molecule has 0 aliphatic heterocycles. The monoisotopic (exact) mass is 181 g/mol. The number of aryl methyl sites for hydroxylation is 2. The van der Waals surface area contributed by atoms with Gasteiger partial charge < -0.3 is 5.11 Å². The number of aromatic nitrogens is 2. The summed E-state index contributed by atoms with van der Waals surface area (Å²) >= 11 is 0. The third kappa shape index (κ3) is 1.88. The molecule has 72 valence electrons. The van der Waals surface area contributed by atoms with Crippen LogP contribution in [0.1, 0.15) is 19.7 Å². The van der Waals surface area contributed by atoms with Gasteiger partial charge >= 0.3 is 0 Å². The predicted octanol–water partition coefficient (Wildman–Crippen LogP) is -0.541. The van der Waals surface area contributed by atoms with Gasteiger partial charge in [0.25, 0.3) is 5.82 Å². The molecule has 0 N–H and O–H groups in total. The molecule has 0 fully saturated rings. The van der Waals surface area contributed by atoms with Gasteiger partial charge in [0.15, 0.2) is 0 Å². The first-order chi connectivity index (χ1) is 6.20. The van der Waals surface area contributed by atoms with Crippen molar-refractivity contribution < 1.29 is 9.67 Å². The Morgan fingerprint density at radius 1 is 1.62 bits per heavy atom. The van der Waals surface area contributed by atoms with E-state index in [0.29, 0.717) is 12.4 Å². The number of aliphatic imine (C=N–C) groups is 1. The van der Waals surface area contributed by atoms with Gasteiger partial charge in [-0.2, -0.15) is 0 Å². The van der Waals surface area contributed by atoms with Gasteiger partial charge in [-0.15, -0.1) is 0 Å². The maximum Gasteiger partial charge on any atom is 0.291 e. The lowest BCUT2D eigenvalue weighted by Crippen LogP contribution is -2.40. The van der Waals surface area contributed by atoms with Crippen molar-refractivity contribution in [2.24, 2.45) is 12.0 Å². The summed E-state index contributed by atoms with van der Waals surface area (Å²) in [5, 5.41) is 11.5. The molecule has 0 aliphatic rings. The van der Waals surface area contributed by atoms with Crippen molar-refractivity contribution in [3.05, 3.63) is 18.2 Å². The second kappa shape index (κ2) is 4.07. The lowest BCUT2D eigenvalue weighted by atomic mass is 10.5. The van der Waals surface area contributed by atoms with E-state index in [9.17, 15) is 5.11 Å². The van der Waals surface area contributed by atoms with E-state index >= 15 is 0 Å². The maximum absolute atomic E-state index is 11.5. The molecule has 1 aromatic rings. The fraction of sp³-hybridized carbons (Fsp3) is 0.556. The van der Waals surface area contributed by atoms with Gasteiger partial charge in [0.05, 0.1) is 19.5 Å². The Morgan fingerprint density at radius 2 is 2.31 bits per heavy atom. The first kappa shape index (κ1) is 9.77. The number of rotatable bonds is 3. The molecule has 0 atom stereocenters. The maximum atomic E-state index is 11.5. The van der Waals surface area contributed by atoms with Gasteiger partial charge in [-0.3, -0.25) is 4.99 Å². The SMILES string of the molecule is CCN=C([O-])c1n(CC)cc[n+]1C. The highest BCUT2D eigenvalue weighted by molar-refractivity contribution is 5.85. The molecule has 4 nitrogen and oxygen atoms in total. The third-order valence-electron chi connectivity index (χ3n) is 1.91. The van der Waals surface area contributed by atoms with Crippen LogP contribution in [0.5, 0.6) is 0 Å². The van der Waals surface area contributed by atoms with E-state index in [-0.39, 0.29) is 5.90 Å². The predicted molar refractivity (Wildman–Crippen MR) is 48.4 cm³/mol. The van der Waals surface area contributed by atoms with E-state index in [2.05, 4.69) is 4.99 Å². The molecule has 0 saturated carbocycles. The molecule has 0 aliphatic carbocycles. The van der Waals surface area contributed by atoms with E-state index < -0.39 is 0 Å². The van der Waals surface area contributed by atoms with Crippen molar-refractivity contribution in [1.82, 2.24) is 4.57 Å². The summed E-state index contributed by atoms with van der Waals surface area (Å²) < 4.78 is 3.69. The molecule has 1 heterocycles. The summed E-state index contributed by atoms with van der Waals surface area (Å²) in [6.45, 7) is 5.19. The lowest BCUT2D eigenvalue weighted by molar-refractivity contribution is -0.674. The molecule has 4 heteroatoms. The van der Waals surface area contributed by atoms with Crippen LogP contribution in [0.3, 0.4) is 0 Å². The molecule has 1 rings (SSSR count). The molecule has 0 aromatic carbocycles. The first-order valence-corrected chi connectivity index (χ1v) is 4.47. The minimum absolute atomic E-state index is 0.142. The summed E-state index contributed by atoms with van der Waals surface area (Å²) in [6.07, 6.45) is 3.75. The van der Waals surface area contributed by atoms with Gasteiger partial charge in [-0.05, 0) is 13.8 Å². The molecule has 0 unspecified atom stereocenters. The van der Waals surface area contributed by atoms with Crippen LogP contribution in [-0.2, 0) is 13.6 Å². The van der Waals surface area contributed by atoms with Gasteiger partial charge in [0.2, 0.25) is 0 Å². The number of nitrogens with zero attached hydrogens (tertiary/aromatic N) is 3. The van der Waals surface area contributed by atoms with Crippen LogP contribution in [-0.4, -0.2) is 17.0 Å². The zero-order valence-electron chi connectivity index (χ0n) is 8.32. The second-order valence-corrected chi connectivity index (χ2v) is 2.80. The Labute approximate surface area is 78.2 Å². The molecule has 0 bridgehead atoms. The Balaban J connectivity index is 3.10. The molecule has 0 saturated heterocycles. The standard InChI is InChI=1S/C9H15N3O/c1-4-10-8(13)9-11(3)6-7-12(9)5-2/h6-7H,4-5H2,1-3H3. The highest BCUT2D eigenvalue weighted by Gasteiger charge is 2.12. The average Bonchev–Trinajstić information content (AvgIpc) is 2.47. The molecular weight excluding hydrogens is 166 g/mol. The second-order valence-electron chi connectivity index (χ2n) is 2.80. The van der Waals surface area contributed by atoms with Crippen LogP contribution in [0.4, 0.5) is 0 Å². The Hall–Kier alpha value is -1.32. The van der Waals surface area contributed by atoms with Crippen molar-refractivity contribution in [2.75, 3.05) is 6.54 Å². The highest BCUT2D eigenvalue weighted by Crippen LogP contribution is 1.94. The molecular formula is C9H15N3O. The van der Waals surface area contributed by atoms with Crippen LogP contribution >= 0.6 is 0 Å². The largest absolute Gasteiger partial charge is 0.853 e. The average molecular weight is 181 g/mol. The zero-order chi connectivity index (χ0) is 9.84. The quantitative estimate of drug-likeness (QED) is 0.351. The summed E-state index contributed by atoms with van der Waals surface area (Å²) in [5.74, 6) is 0.501. The van der Waals surface area contributed by atoms with E-state index in [1.54, 1.807) is 4.57 Å². The highest BCUT2D eigenvalue weighted by atomic mass is 16.3. The Kier molecular flexibility index (Phi) is 3.06. The summed E-state index contributed by atoms with van der Waals surface area (Å²) in [5.41, 5.74) is 0. The van der Waals surface area contributed by atoms with Crippen molar-refractivity contribution in [1.29, 1.82) is 0 Å². The fourth-order valence-electron chi connectivity index (χ4n) is 1.27. The first-order valence-electron chi connectivity index (χ1n) is 4.47. The van der Waals surface area contributed by atoms with Crippen molar-refractivity contribution >= 4 is 5.90 Å². The number of hydrogen-bond donors (Lipinski definition) is 0. The fourth-order valence-corrected chi connectivity index (χ4v) is 1.27. The minimum atomic E-state index is -0.142. The Morgan fingerprint density at radius 3 is 2.85 bits per heavy atom. The van der Waals surface area contributed by atoms with Gasteiger partial charge in [0.1, 0.15) is 12.4 Å². The van der Waals surface area contributed by atoms with Gasteiger partial charge in [0, 0.05) is 6.54 Å². The third-order valence-corrected chi connectivity index (χ3v) is 1.91. The van der Waals surface area contributed by atoms with E-state index in [0.717, 1.165) is 6.54 Å². The van der Waals surface area contributed by atoms with Crippen molar-refractivity contribution in [3.63, 3.8) is 0 Å². The minimum Gasteiger partial charge on any atom is -0.853 e. The zero-order valence-corrected chi connectivity index (χ0v) is 8.32. The van der Waals surface area contributed by atoms with Crippen molar-refractivity contribution in [3.8, 4) is 0 Å². The molecule has 0 amide bonds. The lowest BCUT2D eigenvalue weighted by Gasteiger charge is -2.07.